The molecule has 0 aromatic heterocycles. The number of allylic oxidation sites excluding steroid dienone is 1. The molecular weight excluding hydrogens is 156 g/mol. The SMILES string of the molecule is C=C(C)CC1C(=O)OC(=O)C1C. The van der Waals surface area contributed by atoms with E-state index >= 15 is 0 Å². The molecule has 2 atom stereocenters. The molecule has 1 rings (SSSR count). The monoisotopic (exact) mass is 168 g/mol. The van der Waals surface area contributed by atoms with Crippen LogP contribution >= 0.6 is 0 Å². The average Bonchev–Trinajstić information content (AvgIpc) is 2.16. The van der Waals surface area contributed by atoms with Gasteiger partial charge >= 0.3 is 11.9 Å². The number of cyclic esters (lactones) is 2. The first-order valence-corrected chi connectivity index (χ1v) is 3.92. The van der Waals surface area contributed by atoms with Crippen molar-refractivity contribution in [1.29, 1.82) is 0 Å². The van der Waals surface area contributed by atoms with Gasteiger partial charge in [0.15, 0.2) is 0 Å². The summed E-state index contributed by atoms with van der Waals surface area (Å²) in [4.78, 5) is 22.0. The third-order valence-electron chi connectivity index (χ3n) is 2.05. The van der Waals surface area contributed by atoms with Gasteiger partial charge < -0.3 is 4.74 Å². The second-order valence-corrected chi connectivity index (χ2v) is 3.30. The smallest absolute Gasteiger partial charge is 0.317 e. The van der Waals surface area contributed by atoms with Crippen LogP contribution in [0.3, 0.4) is 0 Å². The normalized spacial score (nSPS) is 28.8. The van der Waals surface area contributed by atoms with Gasteiger partial charge in [0.2, 0.25) is 0 Å². The molecule has 3 nitrogen and oxygen atoms in total. The van der Waals surface area contributed by atoms with E-state index in [-0.39, 0.29) is 11.8 Å². The lowest BCUT2D eigenvalue weighted by atomic mass is 9.91. The highest BCUT2D eigenvalue weighted by atomic mass is 16.6. The molecule has 1 aliphatic rings. The summed E-state index contributed by atoms with van der Waals surface area (Å²) in [7, 11) is 0. The van der Waals surface area contributed by atoms with E-state index in [0.29, 0.717) is 6.42 Å². The van der Waals surface area contributed by atoms with Crippen molar-refractivity contribution in [3.63, 3.8) is 0 Å². The highest BCUT2D eigenvalue weighted by Gasteiger charge is 2.40. The Bertz CT molecular complexity index is 242. The largest absolute Gasteiger partial charge is 0.393 e. The van der Waals surface area contributed by atoms with E-state index in [4.69, 9.17) is 0 Å². The van der Waals surface area contributed by atoms with Crippen LogP contribution in [0.25, 0.3) is 0 Å². The molecule has 0 aliphatic carbocycles. The molecule has 0 saturated carbocycles. The molecule has 0 radical (unpaired) electrons. The van der Waals surface area contributed by atoms with E-state index in [9.17, 15) is 9.59 Å². The summed E-state index contributed by atoms with van der Waals surface area (Å²) in [5.74, 6) is -1.44. The van der Waals surface area contributed by atoms with Crippen molar-refractivity contribution in [2.24, 2.45) is 11.8 Å². The lowest BCUT2D eigenvalue weighted by molar-refractivity contribution is -0.153. The van der Waals surface area contributed by atoms with Crippen LogP contribution in [0.2, 0.25) is 0 Å². The first-order valence-electron chi connectivity index (χ1n) is 3.92. The number of rotatable bonds is 2. The molecule has 1 fully saturated rings. The molecule has 12 heavy (non-hydrogen) atoms. The first-order chi connectivity index (χ1) is 5.52. The van der Waals surface area contributed by atoms with Crippen molar-refractivity contribution >= 4 is 11.9 Å². The van der Waals surface area contributed by atoms with Crippen LogP contribution in [0.4, 0.5) is 0 Å². The molecule has 66 valence electrons. The van der Waals surface area contributed by atoms with Gasteiger partial charge in [0, 0.05) is 0 Å². The summed E-state index contributed by atoms with van der Waals surface area (Å²) in [6, 6.07) is 0. The zero-order chi connectivity index (χ0) is 9.30. The number of carbonyl (C=O) groups is 2. The molecule has 1 heterocycles. The van der Waals surface area contributed by atoms with Crippen molar-refractivity contribution < 1.29 is 14.3 Å². The zero-order valence-corrected chi connectivity index (χ0v) is 7.29. The molecule has 2 unspecified atom stereocenters. The fourth-order valence-corrected chi connectivity index (χ4v) is 1.27. The Morgan fingerprint density at radius 2 is 2.08 bits per heavy atom. The van der Waals surface area contributed by atoms with Gasteiger partial charge in [0.05, 0.1) is 11.8 Å². The van der Waals surface area contributed by atoms with Gasteiger partial charge in [-0.25, -0.2) is 0 Å². The maximum Gasteiger partial charge on any atom is 0.317 e. The van der Waals surface area contributed by atoms with Crippen LogP contribution in [0.1, 0.15) is 20.3 Å². The Hall–Kier alpha value is -1.12. The van der Waals surface area contributed by atoms with E-state index in [0.717, 1.165) is 5.57 Å². The van der Waals surface area contributed by atoms with E-state index in [1.807, 2.05) is 6.92 Å². The Morgan fingerprint density at radius 3 is 2.42 bits per heavy atom. The van der Waals surface area contributed by atoms with Gasteiger partial charge in [0.25, 0.3) is 0 Å². The highest BCUT2D eigenvalue weighted by molar-refractivity contribution is 5.96. The molecule has 3 heteroatoms. The summed E-state index contributed by atoms with van der Waals surface area (Å²) in [6.07, 6.45) is 0.547. The third kappa shape index (κ3) is 1.55. The summed E-state index contributed by atoms with van der Waals surface area (Å²) in [5, 5.41) is 0. The predicted molar refractivity (Wildman–Crippen MR) is 43.2 cm³/mol. The van der Waals surface area contributed by atoms with Crippen LogP contribution in [-0.4, -0.2) is 11.9 Å². The maximum absolute atomic E-state index is 11.0. The highest BCUT2D eigenvalue weighted by Crippen LogP contribution is 2.27. The van der Waals surface area contributed by atoms with E-state index < -0.39 is 11.9 Å². The Kier molecular flexibility index (Phi) is 2.31. The first kappa shape index (κ1) is 8.97. The fraction of sp³-hybridized carbons (Fsp3) is 0.556. The van der Waals surface area contributed by atoms with Crippen LogP contribution in [-0.2, 0) is 14.3 Å². The minimum absolute atomic E-state index is 0.310. The van der Waals surface area contributed by atoms with Crippen LogP contribution in [0.5, 0.6) is 0 Å². The number of carbonyl (C=O) groups excluding carboxylic acids is 2. The molecule has 0 spiro atoms. The van der Waals surface area contributed by atoms with Crippen LogP contribution in [0.15, 0.2) is 12.2 Å². The van der Waals surface area contributed by atoms with Crippen molar-refractivity contribution in [3.8, 4) is 0 Å². The van der Waals surface area contributed by atoms with Gasteiger partial charge in [-0.15, -0.1) is 6.58 Å². The van der Waals surface area contributed by atoms with E-state index in [1.165, 1.54) is 0 Å². The lowest BCUT2D eigenvalue weighted by Gasteiger charge is -2.07. The van der Waals surface area contributed by atoms with Gasteiger partial charge in [-0.2, -0.15) is 0 Å². The van der Waals surface area contributed by atoms with Gasteiger partial charge in [-0.05, 0) is 13.3 Å². The van der Waals surface area contributed by atoms with Crippen LogP contribution < -0.4 is 0 Å². The fourth-order valence-electron chi connectivity index (χ4n) is 1.27. The number of hydrogen-bond acceptors (Lipinski definition) is 3. The second-order valence-electron chi connectivity index (χ2n) is 3.30. The summed E-state index contributed by atoms with van der Waals surface area (Å²) >= 11 is 0. The van der Waals surface area contributed by atoms with Gasteiger partial charge in [-0.1, -0.05) is 12.5 Å². The Morgan fingerprint density at radius 1 is 1.50 bits per heavy atom. The van der Waals surface area contributed by atoms with Crippen molar-refractivity contribution in [1.82, 2.24) is 0 Å². The molecule has 0 bridgehead atoms. The quantitative estimate of drug-likeness (QED) is 0.354. The molecule has 0 aromatic carbocycles. The summed E-state index contributed by atoms with van der Waals surface area (Å²) < 4.78 is 4.47. The van der Waals surface area contributed by atoms with Gasteiger partial charge in [-0.3, -0.25) is 9.59 Å². The Balaban J connectivity index is 2.70. The van der Waals surface area contributed by atoms with Crippen LogP contribution in [0, 0.1) is 11.8 Å². The third-order valence-corrected chi connectivity index (χ3v) is 2.05. The van der Waals surface area contributed by atoms with Crippen molar-refractivity contribution in [3.05, 3.63) is 12.2 Å². The Labute approximate surface area is 71.4 Å². The van der Waals surface area contributed by atoms with E-state index in [2.05, 4.69) is 11.3 Å². The molecule has 1 aliphatic heterocycles. The molecule has 1 saturated heterocycles. The van der Waals surface area contributed by atoms with Crippen molar-refractivity contribution in [2.75, 3.05) is 0 Å². The standard InChI is InChI=1S/C9H12O3/c1-5(2)4-7-6(3)8(10)12-9(7)11/h6-7H,1,4H2,2-3H3. The van der Waals surface area contributed by atoms with Crippen molar-refractivity contribution in [2.45, 2.75) is 20.3 Å². The predicted octanol–water partition coefficient (Wildman–Crippen LogP) is 1.29. The number of hydrogen-bond donors (Lipinski definition) is 0. The minimum atomic E-state index is -0.411. The zero-order valence-electron chi connectivity index (χ0n) is 7.29. The number of esters is 2. The topological polar surface area (TPSA) is 43.4 Å². The molecular formula is C9H12O3. The van der Waals surface area contributed by atoms with E-state index in [1.54, 1.807) is 6.92 Å². The average molecular weight is 168 g/mol. The second kappa shape index (κ2) is 3.09. The molecule has 0 amide bonds. The molecule has 0 N–H and O–H groups in total. The lowest BCUT2D eigenvalue weighted by Crippen LogP contribution is -2.14. The maximum atomic E-state index is 11.0. The summed E-state index contributed by atoms with van der Waals surface area (Å²) in [6.45, 7) is 7.24. The minimum Gasteiger partial charge on any atom is -0.393 e. The summed E-state index contributed by atoms with van der Waals surface area (Å²) in [5.41, 5.74) is 0.901. The number of ether oxygens (including phenoxy) is 1. The molecule has 0 aromatic rings. The van der Waals surface area contributed by atoms with Gasteiger partial charge in [0.1, 0.15) is 0 Å².